The van der Waals surface area contributed by atoms with Crippen LogP contribution in [0.1, 0.15) is 51.8 Å². The van der Waals surface area contributed by atoms with Crippen LogP contribution >= 0.6 is 0 Å². The Morgan fingerprint density at radius 3 is 2.84 bits per heavy atom. The second kappa shape index (κ2) is 4.91. The van der Waals surface area contributed by atoms with E-state index in [0.717, 1.165) is 19.6 Å². The summed E-state index contributed by atoms with van der Waals surface area (Å²) in [5, 5.41) is 4.65. The highest BCUT2D eigenvalue weighted by atomic mass is 16.5. The average Bonchev–Trinajstić information content (AvgIpc) is 2.75. The van der Waals surface area contributed by atoms with Gasteiger partial charge < -0.3 is 4.74 Å². The number of ether oxygens (including phenoxy) is 1. The van der Waals surface area contributed by atoms with Crippen LogP contribution in [0.3, 0.4) is 0 Å². The molecule has 1 aliphatic carbocycles. The summed E-state index contributed by atoms with van der Waals surface area (Å²) in [5.74, 6) is 0. The first-order chi connectivity index (χ1) is 9.06. The molecule has 19 heavy (non-hydrogen) atoms. The maximum Gasteiger partial charge on any atom is 0.0813 e. The molecule has 1 saturated heterocycles. The predicted molar refractivity (Wildman–Crippen MR) is 75.0 cm³/mol. The molecule has 1 aromatic rings. The number of hydrogen-bond donors (Lipinski definition) is 0. The maximum atomic E-state index is 6.15. The Kier molecular flexibility index (Phi) is 3.39. The first kappa shape index (κ1) is 13.1. The Balaban J connectivity index is 1.65. The zero-order valence-corrected chi connectivity index (χ0v) is 12.3. The van der Waals surface area contributed by atoms with Gasteiger partial charge in [-0.15, -0.1) is 0 Å². The highest BCUT2D eigenvalue weighted by Gasteiger charge is 2.44. The quantitative estimate of drug-likeness (QED) is 0.839. The van der Waals surface area contributed by atoms with Gasteiger partial charge in [-0.05, 0) is 46.1 Å². The topological polar surface area (TPSA) is 30.3 Å². The van der Waals surface area contributed by atoms with Crippen molar-refractivity contribution in [1.29, 1.82) is 0 Å². The van der Waals surface area contributed by atoms with Crippen molar-refractivity contribution < 1.29 is 4.74 Å². The molecule has 2 fully saturated rings. The van der Waals surface area contributed by atoms with Gasteiger partial charge in [0, 0.05) is 31.9 Å². The van der Waals surface area contributed by atoms with E-state index in [0.29, 0.717) is 12.1 Å². The summed E-state index contributed by atoms with van der Waals surface area (Å²) >= 11 is 0. The van der Waals surface area contributed by atoms with Crippen molar-refractivity contribution in [2.75, 3.05) is 13.1 Å². The molecular formula is C15H25N3O. The molecule has 2 aliphatic rings. The standard InChI is InChI=1S/C15H25N3O/c1-12(2)18-8-5-14(16-18)10-17-9-13(3)19-15(11-17)6-4-7-15/h5,8,12-13H,4,6-7,9-11H2,1-3H3. The molecule has 1 aliphatic heterocycles. The first-order valence-corrected chi connectivity index (χ1v) is 7.51. The molecule has 0 amide bonds. The second-order valence-electron chi connectivity index (χ2n) is 6.52. The van der Waals surface area contributed by atoms with Crippen LogP contribution in [0.25, 0.3) is 0 Å². The van der Waals surface area contributed by atoms with Crippen molar-refractivity contribution >= 4 is 0 Å². The molecule has 0 N–H and O–H groups in total. The van der Waals surface area contributed by atoms with Crippen LogP contribution < -0.4 is 0 Å². The largest absolute Gasteiger partial charge is 0.369 e. The predicted octanol–water partition coefficient (Wildman–Crippen LogP) is 2.61. The van der Waals surface area contributed by atoms with Gasteiger partial charge in [-0.2, -0.15) is 5.10 Å². The fraction of sp³-hybridized carbons (Fsp3) is 0.800. The molecule has 4 heteroatoms. The molecule has 106 valence electrons. The number of morpholine rings is 1. The first-order valence-electron chi connectivity index (χ1n) is 7.51. The zero-order chi connectivity index (χ0) is 13.5. The fourth-order valence-electron chi connectivity index (χ4n) is 3.28. The van der Waals surface area contributed by atoms with Crippen LogP contribution in [0.4, 0.5) is 0 Å². The molecule has 4 nitrogen and oxygen atoms in total. The van der Waals surface area contributed by atoms with Crippen molar-refractivity contribution in [1.82, 2.24) is 14.7 Å². The Morgan fingerprint density at radius 2 is 2.26 bits per heavy atom. The van der Waals surface area contributed by atoms with E-state index in [1.165, 1.54) is 25.0 Å². The summed E-state index contributed by atoms with van der Waals surface area (Å²) in [6, 6.07) is 2.59. The van der Waals surface area contributed by atoms with Gasteiger partial charge in [0.15, 0.2) is 0 Å². The summed E-state index contributed by atoms with van der Waals surface area (Å²) in [4.78, 5) is 2.51. The molecule has 3 rings (SSSR count). The second-order valence-corrected chi connectivity index (χ2v) is 6.52. The van der Waals surface area contributed by atoms with Crippen LogP contribution in [0.2, 0.25) is 0 Å². The van der Waals surface area contributed by atoms with E-state index in [2.05, 4.69) is 43.0 Å². The minimum Gasteiger partial charge on any atom is -0.369 e. The van der Waals surface area contributed by atoms with Crippen molar-refractivity contribution in [3.63, 3.8) is 0 Å². The van der Waals surface area contributed by atoms with Gasteiger partial charge in [0.25, 0.3) is 0 Å². The normalized spacial score (nSPS) is 26.8. The lowest BCUT2D eigenvalue weighted by Gasteiger charge is -2.50. The lowest BCUT2D eigenvalue weighted by atomic mass is 9.78. The monoisotopic (exact) mass is 263 g/mol. The van der Waals surface area contributed by atoms with Crippen LogP contribution in [-0.2, 0) is 11.3 Å². The summed E-state index contributed by atoms with van der Waals surface area (Å²) in [6.45, 7) is 9.57. The molecular weight excluding hydrogens is 238 g/mol. The number of aromatic nitrogens is 2. The van der Waals surface area contributed by atoms with Gasteiger partial charge in [0.1, 0.15) is 0 Å². The number of rotatable bonds is 3. The molecule has 0 bridgehead atoms. The third-order valence-corrected chi connectivity index (χ3v) is 4.32. The molecule has 0 aromatic carbocycles. The van der Waals surface area contributed by atoms with E-state index in [1.54, 1.807) is 0 Å². The van der Waals surface area contributed by atoms with Crippen LogP contribution in [0.15, 0.2) is 12.3 Å². The Labute approximate surface area is 115 Å². The van der Waals surface area contributed by atoms with Gasteiger partial charge in [0.05, 0.1) is 17.4 Å². The molecule has 1 unspecified atom stereocenters. The van der Waals surface area contributed by atoms with E-state index in [9.17, 15) is 0 Å². The lowest BCUT2D eigenvalue weighted by Crippen LogP contribution is -2.57. The number of nitrogens with zero attached hydrogens (tertiary/aromatic N) is 3. The van der Waals surface area contributed by atoms with Crippen molar-refractivity contribution in [2.45, 2.75) is 64.3 Å². The minimum atomic E-state index is 0.165. The van der Waals surface area contributed by atoms with Gasteiger partial charge >= 0.3 is 0 Å². The van der Waals surface area contributed by atoms with Crippen LogP contribution in [-0.4, -0.2) is 39.5 Å². The Hall–Kier alpha value is -0.870. The fourth-order valence-corrected chi connectivity index (χ4v) is 3.28. The third kappa shape index (κ3) is 2.70. The lowest BCUT2D eigenvalue weighted by molar-refractivity contribution is -0.186. The van der Waals surface area contributed by atoms with Gasteiger partial charge in [-0.1, -0.05) is 0 Å². The van der Waals surface area contributed by atoms with E-state index in [1.807, 2.05) is 4.68 Å². The highest BCUT2D eigenvalue weighted by molar-refractivity contribution is 5.02. The van der Waals surface area contributed by atoms with Crippen LogP contribution in [0.5, 0.6) is 0 Å². The van der Waals surface area contributed by atoms with E-state index in [4.69, 9.17) is 4.74 Å². The Morgan fingerprint density at radius 1 is 1.47 bits per heavy atom. The summed E-state index contributed by atoms with van der Waals surface area (Å²) in [6.07, 6.45) is 6.22. The molecule has 2 heterocycles. The van der Waals surface area contributed by atoms with Crippen molar-refractivity contribution in [3.05, 3.63) is 18.0 Å². The van der Waals surface area contributed by atoms with E-state index >= 15 is 0 Å². The van der Waals surface area contributed by atoms with Crippen LogP contribution in [0, 0.1) is 0 Å². The van der Waals surface area contributed by atoms with Gasteiger partial charge in [-0.3, -0.25) is 9.58 Å². The minimum absolute atomic E-state index is 0.165. The molecule has 1 atom stereocenters. The summed E-state index contributed by atoms with van der Waals surface area (Å²) in [5.41, 5.74) is 1.34. The van der Waals surface area contributed by atoms with E-state index < -0.39 is 0 Å². The molecule has 1 saturated carbocycles. The average molecular weight is 263 g/mol. The maximum absolute atomic E-state index is 6.15. The summed E-state index contributed by atoms with van der Waals surface area (Å²) in [7, 11) is 0. The third-order valence-electron chi connectivity index (χ3n) is 4.32. The van der Waals surface area contributed by atoms with Gasteiger partial charge in [-0.25, -0.2) is 0 Å². The molecule has 1 aromatic heterocycles. The van der Waals surface area contributed by atoms with Gasteiger partial charge in [0.2, 0.25) is 0 Å². The highest BCUT2D eigenvalue weighted by Crippen LogP contribution is 2.39. The Bertz CT molecular complexity index is 436. The molecule has 0 radical (unpaired) electrons. The van der Waals surface area contributed by atoms with E-state index in [-0.39, 0.29) is 5.60 Å². The smallest absolute Gasteiger partial charge is 0.0813 e. The molecule has 1 spiro atoms. The van der Waals surface area contributed by atoms with Crippen molar-refractivity contribution in [2.24, 2.45) is 0 Å². The summed E-state index contributed by atoms with van der Waals surface area (Å²) < 4.78 is 8.19. The SMILES string of the molecule is CC1CN(Cc2ccn(C(C)C)n2)CC2(CCC2)O1. The number of hydrogen-bond acceptors (Lipinski definition) is 3. The van der Waals surface area contributed by atoms with Crippen molar-refractivity contribution in [3.8, 4) is 0 Å². The zero-order valence-electron chi connectivity index (χ0n) is 12.3.